The van der Waals surface area contributed by atoms with Crippen molar-refractivity contribution in [3.8, 4) is 11.6 Å². The molecule has 7 atom stereocenters. The molecule has 2 bridgehead atoms. The number of carbonyl (C=O) groups excluding carboxylic acids is 2. The molecule has 1 saturated carbocycles. The largest absolute Gasteiger partial charge is 0.490 e. The lowest BCUT2D eigenvalue weighted by atomic mass is 9.68. The molecule has 0 unspecified atom stereocenters. The second-order valence-corrected chi connectivity index (χ2v) is 18.4. The lowest BCUT2D eigenvalue weighted by Gasteiger charge is -2.46. The lowest BCUT2D eigenvalue weighted by Crippen LogP contribution is -2.49. The molecule has 4 aliphatic rings. The van der Waals surface area contributed by atoms with Crippen LogP contribution in [-0.4, -0.2) is 74.7 Å². The van der Waals surface area contributed by atoms with Crippen molar-refractivity contribution in [3.63, 3.8) is 0 Å². The summed E-state index contributed by atoms with van der Waals surface area (Å²) >= 11 is 6.45. The standard InChI is InChI=1S/C39H49ClN4O6S/c1-24-7-5-9-34(45)30-13-10-28(30)19-44-22-39(16-6-8-26-17-29(40)12-14-32(26)39)23-50-36-15-11-27(18-33(36)44)37(47)42-51(48,25(24)2)21-35(46)31-20-43(3)41-38(31)49-4/h11-12,14-15,17-18,20,24-25,28,30,34,45H,5-10,13,16,19,21-23H2,1-4H3/t24-,25+,28-,30+,34-,39-,51-/m0/s1. The zero-order chi connectivity index (χ0) is 36.1. The quantitative estimate of drug-likeness (QED) is 0.296. The van der Waals surface area contributed by atoms with Gasteiger partial charge in [0.05, 0.1) is 41.0 Å². The Morgan fingerprint density at radius 3 is 2.73 bits per heavy atom. The molecule has 0 saturated heterocycles. The van der Waals surface area contributed by atoms with E-state index in [1.165, 1.54) is 29.1 Å². The Bertz CT molecular complexity index is 1950. The minimum atomic E-state index is -3.41. The van der Waals surface area contributed by atoms with Gasteiger partial charge in [-0.1, -0.05) is 31.0 Å². The number of nitrogens with zero attached hydrogens (tertiary/aromatic N) is 4. The van der Waals surface area contributed by atoms with Crippen LogP contribution >= 0.6 is 11.6 Å². The second-order valence-electron chi connectivity index (χ2n) is 15.3. The Morgan fingerprint density at radius 2 is 1.96 bits per heavy atom. The summed E-state index contributed by atoms with van der Waals surface area (Å²) in [5, 5.41) is 15.8. The maximum atomic E-state index is 15.0. The molecule has 274 valence electrons. The number of aliphatic hydroxyl groups excluding tert-OH is 1. The van der Waals surface area contributed by atoms with E-state index in [1.54, 1.807) is 13.1 Å². The number of anilines is 1. The van der Waals surface area contributed by atoms with Crippen LogP contribution in [0, 0.1) is 17.8 Å². The average Bonchev–Trinajstić information content (AvgIpc) is 3.41. The highest BCUT2D eigenvalue weighted by Gasteiger charge is 2.44. The molecular weight excluding hydrogens is 688 g/mol. The molecular formula is C39H49ClN4O6S. The maximum absolute atomic E-state index is 15.0. The van der Waals surface area contributed by atoms with Crippen molar-refractivity contribution in [2.45, 2.75) is 82.0 Å². The first-order valence-electron chi connectivity index (χ1n) is 18.3. The van der Waals surface area contributed by atoms with Crippen LogP contribution in [0.5, 0.6) is 11.6 Å². The van der Waals surface area contributed by atoms with Crippen LogP contribution in [0.1, 0.15) is 90.6 Å². The minimum absolute atomic E-state index is 0.115. The van der Waals surface area contributed by atoms with E-state index >= 15 is 0 Å². The van der Waals surface area contributed by atoms with Crippen LogP contribution in [-0.2, 0) is 28.6 Å². The monoisotopic (exact) mass is 736 g/mol. The number of hydrogen-bond acceptors (Lipinski definition) is 8. The highest BCUT2D eigenvalue weighted by atomic mass is 35.5. The van der Waals surface area contributed by atoms with Gasteiger partial charge in [-0.05, 0) is 111 Å². The van der Waals surface area contributed by atoms with Crippen molar-refractivity contribution in [3.05, 3.63) is 69.9 Å². The fraction of sp³-hybridized carbons (Fsp3) is 0.564. The lowest BCUT2D eigenvalue weighted by molar-refractivity contribution is 0.00857. The molecule has 1 fully saturated rings. The Balaban J connectivity index is 1.31. The van der Waals surface area contributed by atoms with Gasteiger partial charge < -0.3 is 19.5 Å². The molecule has 1 spiro atoms. The van der Waals surface area contributed by atoms with Crippen LogP contribution in [0.4, 0.5) is 5.69 Å². The molecule has 10 nitrogen and oxygen atoms in total. The third-order valence-corrected chi connectivity index (χ3v) is 15.1. The first-order chi connectivity index (χ1) is 24.4. The molecule has 7 rings (SSSR count). The topological polar surface area (TPSA) is 123 Å². The average molecular weight is 737 g/mol. The summed E-state index contributed by atoms with van der Waals surface area (Å²) in [7, 11) is -0.303. The molecule has 0 radical (unpaired) electrons. The predicted octanol–water partition coefficient (Wildman–Crippen LogP) is 6.64. The first kappa shape index (κ1) is 36.0. The number of halogens is 1. The van der Waals surface area contributed by atoms with Crippen molar-refractivity contribution in [1.29, 1.82) is 0 Å². The summed E-state index contributed by atoms with van der Waals surface area (Å²) in [5.74, 6) is -0.303. The van der Waals surface area contributed by atoms with Crippen LogP contribution in [0.3, 0.4) is 0 Å². The smallest absolute Gasteiger partial charge is 0.285 e. The van der Waals surface area contributed by atoms with E-state index in [9.17, 15) is 18.9 Å². The van der Waals surface area contributed by atoms with E-state index in [0.717, 1.165) is 55.8 Å². The van der Waals surface area contributed by atoms with Gasteiger partial charge >= 0.3 is 0 Å². The van der Waals surface area contributed by atoms with Gasteiger partial charge in [0, 0.05) is 47.6 Å². The van der Waals surface area contributed by atoms with Crippen molar-refractivity contribution in [2.24, 2.45) is 29.2 Å². The predicted molar refractivity (Wildman–Crippen MR) is 199 cm³/mol. The van der Waals surface area contributed by atoms with Crippen LogP contribution in [0.15, 0.2) is 47.0 Å². The van der Waals surface area contributed by atoms with E-state index in [1.807, 2.05) is 32.0 Å². The minimum Gasteiger partial charge on any atom is -0.490 e. The fourth-order valence-corrected chi connectivity index (χ4v) is 11.3. The van der Waals surface area contributed by atoms with Crippen LogP contribution < -0.4 is 14.4 Å². The van der Waals surface area contributed by atoms with Gasteiger partial charge in [0.1, 0.15) is 11.3 Å². The number of Topliss-reactive ketones (excluding diaryl/α,β-unsaturated/α-hetero) is 1. The van der Waals surface area contributed by atoms with Crippen molar-refractivity contribution in [2.75, 3.05) is 37.5 Å². The molecule has 1 aromatic heterocycles. The number of ether oxygens (including phenoxy) is 2. The summed E-state index contributed by atoms with van der Waals surface area (Å²) in [4.78, 5) is 30.2. The highest BCUT2D eigenvalue weighted by Crippen LogP contribution is 2.47. The number of ketones is 1. The number of aliphatic hydroxyl groups is 1. The van der Waals surface area contributed by atoms with Crippen molar-refractivity contribution in [1.82, 2.24) is 9.78 Å². The van der Waals surface area contributed by atoms with Crippen LogP contribution in [0.25, 0.3) is 0 Å². The zero-order valence-corrected chi connectivity index (χ0v) is 31.5. The number of aryl methyl sites for hydroxylation is 2. The van der Waals surface area contributed by atoms with Gasteiger partial charge in [0.25, 0.3) is 5.91 Å². The maximum Gasteiger partial charge on any atom is 0.285 e. The van der Waals surface area contributed by atoms with E-state index in [0.29, 0.717) is 43.2 Å². The summed E-state index contributed by atoms with van der Waals surface area (Å²) in [5.41, 5.74) is 3.52. The SMILES string of the molecule is COc1nn(C)cc1C(=O)C[S@@]1(=O)=NC(=O)c2ccc3c(c2)N(C[C@@H]2CC[C@H]2[C@@H](O)CCC[C@H](C)[C@H]1C)C[C@@]1(CCCc2cc(Cl)ccc21)CO3. The zero-order valence-electron chi connectivity index (χ0n) is 30.0. The van der Waals surface area contributed by atoms with E-state index < -0.39 is 38.5 Å². The normalized spacial score (nSPS) is 31.0. The molecule has 2 aromatic carbocycles. The summed E-state index contributed by atoms with van der Waals surface area (Å²) < 4.78 is 32.8. The molecule has 2 aliphatic carbocycles. The molecule has 51 heavy (non-hydrogen) atoms. The molecule has 12 heteroatoms. The number of rotatable bonds is 4. The Kier molecular flexibility index (Phi) is 10.0. The fourth-order valence-electron chi connectivity index (χ4n) is 8.83. The number of carbonyl (C=O) groups is 2. The second kappa shape index (κ2) is 14.2. The summed E-state index contributed by atoms with van der Waals surface area (Å²) in [6, 6.07) is 11.5. The molecule has 1 N–H and O–H groups in total. The highest BCUT2D eigenvalue weighted by molar-refractivity contribution is 7.95. The summed E-state index contributed by atoms with van der Waals surface area (Å²) in [6.07, 6.45) is 8.13. The molecule has 1 amide bonds. The van der Waals surface area contributed by atoms with Gasteiger partial charge in [-0.25, -0.2) is 4.21 Å². The number of hydrogen-bond donors (Lipinski definition) is 1. The summed E-state index contributed by atoms with van der Waals surface area (Å²) in [6.45, 7) is 5.72. The van der Waals surface area contributed by atoms with Gasteiger partial charge in [-0.3, -0.25) is 14.3 Å². The van der Waals surface area contributed by atoms with Gasteiger partial charge in [0.15, 0.2) is 5.78 Å². The van der Waals surface area contributed by atoms with Crippen LogP contribution in [0.2, 0.25) is 5.02 Å². The number of methoxy groups -OCH3 is 1. The van der Waals surface area contributed by atoms with Gasteiger partial charge in [0.2, 0.25) is 5.88 Å². The first-order valence-corrected chi connectivity index (χ1v) is 20.4. The van der Waals surface area contributed by atoms with E-state index in [4.69, 9.17) is 21.1 Å². The third kappa shape index (κ3) is 6.93. The van der Waals surface area contributed by atoms with E-state index in [-0.39, 0.29) is 28.7 Å². The van der Waals surface area contributed by atoms with Crippen molar-refractivity contribution >= 4 is 38.7 Å². The van der Waals surface area contributed by atoms with Gasteiger partial charge in [-0.15, -0.1) is 5.10 Å². The Hall–Kier alpha value is -3.41. The number of fused-ring (bicyclic) bond motifs is 4. The Morgan fingerprint density at radius 1 is 1.14 bits per heavy atom. The molecule has 2 aliphatic heterocycles. The number of amides is 1. The molecule has 3 aromatic rings. The third-order valence-electron chi connectivity index (χ3n) is 12.1. The van der Waals surface area contributed by atoms with Gasteiger partial charge in [-0.2, -0.15) is 4.36 Å². The van der Waals surface area contributed by atoms with E-state index in [2.05, 4.69) is 26.5 Å². The Labute approximate surface area is 306 Å². The number of benzene rings is 2. The number of aromatic nitrogens is 2. The van der Waals surface area contributed by atoms with Crippen molar-refractivity contribution < 1.29 is 28.4 Å². The molecule has 3 heterocycles.